The molecular weight excluding hydrogens is 448 g/mol. The third kappa shape index (κ3) is 5.41. The van der Waals surface area contributed by atoms with Gasteiger partial charge in [0.2, 0.25) is 5.91 Å². The van der Waals surface area contributed by atoms with E-state index in [2.05, 4.69) is 5.32 Å². The van der Waals surface area contributed by atoms with Gasteiger partial charge < -0.3 is 10.1 Å². The van der Waals surface area contributed by atoms with Gasteiger partial charge in [0.25, 0.3) is 10.0 Å². The number of ether oxygens (including phenoxy) is 1. The zero-order valence-corrected chi connectivity index (χ0v) is 19.7. The molecule has 0 heterocycles. The average Bonchev–Trinajstić information content (AvgIpc) is 2.78. The molecule has 1 N–H and O–H groups in total. The number of hydrogen-bond donors (Lipinski definition) is 1. The van der Waals surface area contributed by atoms with E-state index in [9.17, 15) is 13.2 Å². The summed E-state index contributed by atoms with van der Waals surface area (Å²) in [4.78, 5) is 12.9. The second kappa shape index (κ2) is 10.1. The summed E-state index contributed by atoms with van der Waals surface area (Å²) in [6.45, 7) is 3.23. The Balaban J connectivity index is 1.97. The molecule has 0 radical (unpaired) electrons. The van der Waals surface area contributed by atoms with Crippen molar-refractivity contribution in [2.45, 2.75) is 24.8 Å². The zero-order valence-electron chi connectivity index (χ0n) is 18.1. The molecule has 0 bridgehead atoms. The molecule has 1 atom stereocenters. The van der Waals surface area contributed by atoms with E-state index < -0.39 is 22.5 Å². The first-order chi connectivity index (χ1) is 15.2. The Morgan fingerprint density at radius 2 is 1.72 bits per heavy atom. The van der Waals surface area contributed by atoms with Crippen molar-refractivity contribution >= 4 is 33.2 Å². The van der Waals surface area contributed by atoms with Crippen LogP contribution in [0.3, 0.4) is 0 Å². The molecule has 168 valence electrons. The number of amides is 1. The lowest BCUT2D eigenvalue weighted by atomic mass is 10.1. The van der Waals surface area contributed by atoms with Gasteiger partial charge in [-0.1, -0.05) is 48.0 Å². The Kier molecular flexibility index (Phi) is 7.43. The van der Waals surface area contributed by atoms with Crippen LogP contribution in [0.15, 0.2) is 77.7 Å². The fourth-order valence-corrected chi connectivity index (χ4v) is 5.06. The highest BCUT2D eigenvalue weighted by atomic mass is 35.5. The molecule has 0 aliphatic heterocycles. The predicted octanol–water partition coefficient (Wildman–Crippen LogP) is 4.73. The third-order valence-corrected chi connectivity index (χ3v) is 7.01. The lowest BCUT2D eigenvalue weighted by Crippen LogP contribution is -2.41. The van der Waals surface area contributed by atoms with Gasteiger partial charge in [-0.15, -0.1) is 0 Å². The van der Waals surface area contributed by atoms with Gasteiger partial charge in [0.05, 0.1) is 18.8 Å². The minimum Gasteiger partial charge on any atom is -0.495 e. The Hall–Kier alpha value is -3.03. The molecule has 32 heavy (non-hydrogen) atoms. The first-order valence-corrected chi connectivity index (χ1v) is 11.8. The van der Waals surface area contributed by atoms with Crippen LogP contribution in [0.25, 0.3) is 0 Å². The second-order valence-corrected chi connectivity index (χ2v) is 9.61. The van der Waals surface area contributed by atoms with Crippen molar-refractivity contribution in [3.8, 4) is 5.75 Å². The number of benzene rings is 3. The fourth-order valence-electron chi connectivity index (χ4n) is 3.27. The minimum atomic E-state index is -4.12. The summed E-state index contributed by atoms with van der Waals surface area (Å²) in [6, 6.07) is 20.3. The molecule has 6 nitrogen and oxygen atoms in total. The molecule has 3 rings (SSSR count). The summed E-state index contributed by atoms with van der Waals surface area (Å²) in [7, 11) is -2.72. The zero-order chi connectivity index (χ0) is 23.3. The van der Waals surface area contributed by atoms with E-state index in [-0.39, 0.29) is 16.7 Å². The Labute approximate surface area is 193 Å². The molecular formula is C24H25ClN2O4S. The number of aryl methyl sites for hydroxylation is 1. The van der Waals surface area contributed by atoms with Crippen LogP contribution >= 0.6 is 11.6 Å². The number of sulfonamides is 1. The van der Waals surface area contributed by atoms with E-state index in [1.807, 2.05) is 37.3 Å². The van der Waals surface area contributed by atoms with Crippen LogP contribution < -0.4 is 14.4 Å². The van der Waals surface area contributed by atoms with Crippen LogP contribution in [0, 0.1) is 6.92 Å². The number of anilines is 1. The Bertz CT molecular complexity index is 1180. The molecule has 0 saturated carbocycles. The average molecular weight is 473 g/mol. The van der Waals surface area contributed by atoms with E-state index in [0.29, 0.717) is 10.7 Å². The van der Waals surface area contributed by atoms with E-state index in [0.717, 1.165) is 15.4 Å². The van der Waals surface area contributed by atoms with Gasteiger partial charge in [0, 0.05) is 5.02 Å². The molecule has 0 aliphatic rings. The maximum absolute atomic E-state index is 13.7. The molecule has 3 aromatic carbocycles. The Morgan fingerprint density at radius 1 is 1.06 bits per heavy atom. The van der Waals surface area contributed by atoms with Crippen molar-refractivity contribution in [1.29, 1.82) is 0 Å². The quantitative estimate of drug-likeness (QED) is 0.514. The molecule has 0 spiro atoms. The summed E-state index contributed by atoms with van der Waals surface area (Å²) in [6.07, 6.45) is 0. The lowest BCUT2D eigenvalue weighted by molar-refractivity contribution is -0.120. The highest BCUT2D eigenvalue weighted by Crippen LogP contribution is 2.31. The van der Waals surface area contributed by atoms with Crippen LogP contribution in [0.1, 0.15) is 24.1 Å². The standard InChI is InChI=1S/C24H25ClN2O4S/c1-17-9-14-22(31-3)23(15-17)32(29,30)27(21-12-10-20(25)11-13-21)16-24(28)26-18(2)19-7-5-4-6-8-19/h4-15,18H,16H2,1-3H3,(H,26,28)/t18-/m1/s1. The van der Waals surface area contributed by atoms with Crippen molar-refractivity contribution in [3.63, 3.8) is 0 Å². The van der Waals surface area contributed by atoms with Gasteiger partial charge in [-0.25, -0.2) is 8.42 Å². The molecule has 0 unspecified atom stereocenters. The number of nitrogens with zero attached hydrogens (tertiary/aromatic N) is 1. The van der Waals surface area contributed by atoms with Gasteiger partial charge in [-0.3, -0.25) is 9.10 Å². The van der Waals surface area contributed by atoms with Crippen LogP contribution in [-0.2, 0) is 14.8 Å². The van der Waals surface area contributed by atoms with Crippen LogP contribution in [0.5, 0.6) is 5.75 Å². The van der Waals surface area contributed by atoms with Crippen LogP contribution in [0.2, 0.25) is 5.02 Å². The highest BCUT2D eigenvalue weighted by Gasteiger charge is 2.30. The maximum atomic E-state index is 13.7. The van der Waals surface area contributed by atoms with E-state index in [1.54, 1.807) is 43.3 Å². The van der Waals surface area contributed by atoms with E-state index in [1.165, 1.54) is 13.2 Å². The lowest BCUT2D eigenvalue weighted by Gasteiger charge is -2.26. The van der Waals surface area contributed by atoms with E-state index in [4.69, 9.17) is 16.3 Å². The maximum Gasteiger partial charge on any atom is 0.268 e. The normalized spacial score (nSPS) is 12.1. The number of carbonyl (C=O) groups is 1. The number of hydrogen-bond acceptors (Lipinski definition) is 4. The van der Waals surface area contributed by atoms with Crippen molar-refractivity contribution in [2.75, 3.05) is 18.0 Å². The van der Waals surface area contributed by atoms with Crippen molar-refractivity contribution < 1.29 is 17.9 Å². The number of methoxy groups -OCH3 is 1. The first-order valence-electron chi connectivity index (χ1n) is 9.99. The monoisotopic (exact) mass is 472 g/mol. The largest absolute Gasteiger partial charge is 0.495 e. The molecule has 0 saturated heterocycles. The topological polar surface area (TPSA) is 75.7 Å². The van der Waals surface area contributed by atoms with Gasteiger partial charge in [0.15, 0.2) is 0 Å². The number of carbonyl (C=O) groups excluding carboxylic acids is 1. The van der Waals surface area contributed by atoms with Crippen molar-refractivity contribution in [2.24, 2.45) is 0 Å². The van der Waals surface area contributed by atoms with Gasteiger partial charge >= 0.3 is 0 Å². The van der Waals surface area contributed by atoms with Gasteiger partial charge in [-0.2, -0.15) is 0 Å². The van der Waals surface area contributed by atoms with Gasteiger partial charge in [-0.05, 0) is 61.4 Å². The summed E-state index contributed by atoms with van der Waals surface area (Å²) in [5, 5.41) is 3.33. The van der Waals surface area contributed by atoms with Crippen molar-refractivity contribution in [1.82, 2.24) is 5.32 Å². The molecule has 0 fully saturated rings. The predicted molar refractivity (Wildman–Crippen MR) is 127 cm³/mol. The van der Waals surface area contributed by atoms with E-state index >= 15 is 0 Å². The van der Waals surface area contributed by atoms with Crippen LogP contribution in [0.4, 0.5) is 5.69 Å². The second-order valence-electron chi connectivity index (χ2n) is 7.34. The Morgan fingerprint density at radius 3 is 2.34 bits per heavy atom. The summed E-state index contributed by atoms with van der Waals surface area (Å²) in [5.41, 5.74) is 1.99. The molecule has 3 aromatic rings. The minimum absolute atomic E-state index is 0.0149. The molecule has 0 aliphatic carbocycles. The van der Waals surface area contributed by atoms with Gasteiger partial charge in [0.1, 0.15) is 17.2 Å². The number of halogens is 1. The molecule has 0 aromatic heterocycles. The molecule has 8 heteroatoms. The molecule has 1 amide bonds. The summed E-state index contributed by atoms with van der Waals surface area (Å²) >= 11 is 5.99. The van der Waals surface area contributed by atoms with Crippen molar-refractivity contribution in [3.05, 3.63) is 88.9 Å². The number of nitrogens with one attached hydrogen (secondary N) is 1. The summed E-state index contributed by atoms with van der Waals surface area (Å²) in [5.74, 6) is -0.237. The fraction of sp³-hybridized carbons (Fsp3) is 0.208. The summed E-state index contributed by atoms with van der Waals surface area (Å²) < 4.78 is 33.7. The highest BCUT2D eigenvalue weighted by molar-refractivity contribution is 7.93. The van der Waals surface area contributed by atoms with Crippen LogP contribution in [-0.4, -0.2) is 28.0 Å². The smallest absolute Gasteiger partial charge is 0.268 e. The first kappa shape index (κ1) is 23.6. The number of rotatable bonds is 8. The SMILES string of the molecule is COc1ccc(C)cc1S(=O)(=O)N(CC(=O)N[C@H](C)c1ccccc1)c1ccc(Cl)cc1. The third-order valence-electron chi connectivity index (χ3n) is 4.97.